The third-order valence-corrected chi connectivity index (χ3v) is 5.26. The zero-order valence-electron chi connectivity index (χ0n) is 15.1. The van der Waals surface area contributed by atoms with E-state index in [1.54, 1.807) is 30.3 Å². The molecule has 0 fully saturated rings. The summed E-state index contributed by atoms with van der Waals surface area (Å²) in [5, 5.41) is 14.7. The van der Waals surface area contributed by atoms with Gasteiger partial charge in [-0.05, 0) is 48.5 Å². The van der Waals surface area contributed by atoms with Crippen LogP contribution in [-0.4, -0.2) is 6.03 Å². The van der Waals surface area contributed by atoms with Crippen LogP contribution in [0.2, 0.25) is 5.02 Å². The summed E-state index contributed by atoms with van der Waals surface area (Å²) in [5.74, 6) is 0. The molecule has 0 aliphatic heterocycles. The molecule has 0 atom stereocenters. The molecular weight excluding hydrogens is 435 g/mol. The number of nitriles is 1. The minimum absolute atomic E-state index is 0.279. The third kappa shape index (κ3) is 5.47. The highest BCUT2D eigenvalue weighted by molar-refractivity contribution is 7.99. The van der Waals surface area contributed by atoms with Crippen LogP contribution in [0.1, 0.15) is 11.1 Å². The molecule has 0 saturated carbocycles. The summed E-state index contributed by atoms with van der Waals surface area (Å²) in [6, 6.07) is 17.4. The van der Waals surface area contributed by atoms with Crippen LogP contribution in [0.3, 0.4) is 0 Å². The first-order valence-corrected chi connectivity index (χ1v) is 9.67. The van der Waals surface area contributed by atoms with Crippen molar-refractivity contribution in [3.05, 3.63) is 82.9 Å². The van der Waals surface area contributed by atoms with Crippen LogP contribution in [-0.2, 0) is 6.18 Å². The quantitative estimate of drug-likeness (QED) is 0.451. The molecular formula is C21H13ClF3N3OS. The number of urea groups is 1. The maximum Gasteiger partial charge on any atom is 0.416 e. The van der Waals surface area contributed by atoms with Crippen molar-refractivity contribution < 1.29 is 18.0 Å². The topological polar surface area (TPSA) is 64.9 Å². The maximum absolute atomic E-state index is 13.0. The van der Waals surface area contributed by atoms with Crippen molar-refractivity contribution in [1.29, 1.82) is 5.26 Å². The Morgan fingerprint density at radius 3 is 2.40 bits per heavy atom. The SMILES string of the molecule is N#Cc1ccc(Sc2cccc(C(F)(F)F)c2)c(NC(=O)Nc2ccccc2Cl)c1. The van der Waals surface area contributed by atoms with Crippen LogP contribution < -0.4 is 10.6 Å². The molecule has 3 aromatic carbocycles. The maximum atomic E-state index is 13.0. The van der Waals surface area contributed by atoms with E-state index in [1.807, 2.05) is 6.07 Å². The molecule has 0 spiro atoms. The van der Waals surface area contributed by atoms with Gasteiger partial charge in [0.2, 0.25) is 0 Å². The van der Waals surface area contributed by atoms with Gasteiger partial charge in [-0.25, -0.2) is 4.79 Å². The van der Waals surface area contributed by atoms with Crippen LogP contribution in [0.5, 0.6) is 0 Å². The van der Waals surface area contributed by atoms with Gasteiger partial charge in [0, 0.05) is 9.79 Å². The molecule has 2 amide bonds. The van der Waals surface area contributed by atoms with Gasteiger partial charge in [0.1, 0.15) is 0 Å². The first-order chi connectivity index (χ1) is 14.3. The summed E-state index contributed by atoms with van der Waals surface area (Å²) in [4.78, 5) is 13.2. The number of halogens is 4. The predicted octanol–water partition coefficient (Wildman–Crippen LogP) is 7.03. The minimum Gasteiger partial charge on any atom is -0.307 e. The molecule has 30 heavy (non-hydrogen) atoms. The monoisotopic (exact) mass is 447 g/mol. The lowest BCUT2D eigenvalue weighted by Gasteiger charge is -2.14. The van der Waals surface area contributed by atoms with Crippen LogP contribution in [0.4, 0.5) is 29.3 Å². The Hall–Kier alpha value is -3.15. The van der Waals surface area contributed by atoms with Gasteiger partial charge in [-0.1, -0.05) is 41.6 Å². The van der Waals surface area contributed by atoms with Gasteiger partial charge < -0.3 is 10.6 Å². The Bertz CT molecular complexity index is 1130. The largest absolute Gasteiger partial charge is 0.416 e. The summed E-state index contributed by atoms with van der Waals surface area (Å²) < 4.78 is 38.9. The Morgan fingerprint density at radius 2 is 1.70 bits per heavy atom. The summed E-state index contributed by atoms with van der Waals surface area (Å²) in [7, 11) is 0. The number of hydrogen-bond donors (Lipinski definition) is 2. The Kier molecular flexibility index (Phi) is 6.55. The van der Waals surface area contributed by atoms with Crippen LogP contribution >= 0.6 is 23.4 Å². The van der Waals surface area contributed by atoms with Crippen LogP contribution in [0, 0.1) is 11.3 Å². The van der Waals surface area contributed by atoms with Crippen molar-refractivity contribution in [2.45, 2.75) is 16.0 Å². The number of rotatable bonds is 4. The molecule has 2 N–H and O–H groups in total. The lowest BCUT2D eigenvalue weighted by atomic mass is 10.2. The number of hydrogen-bond acceptors (Lipinski definition) is 3. The Morgan fingerprint density at radius 1 is 0.967 bits per heavy atom. The molecule has 0 aliphatic rings. The Labute approximate surface area is 179 Å². The average molecular weight is 448 g/mol. The van der Waals surface area contributed by atoms with Gasteiger partial charge in [-0.2, -0.15) is 18.4 Å². The smallest absolute Gasteiger partial charge is 0.307 e. The van der Waals surface area contributed by atoms with E-state index in [-0.39, 0.29) is 11.3 Å². The van der Waals surface area contributed by atoms with Crippen molar-refractivity contribution in [2.24, 2.45) is 0 Å². The second-order valence-electron chi connectivity index (χ2n) is 6.01. The lowest BCUT2D eigenvalue weighted by molar-refractivity contribution is -0.137. The highest BCUT2D eigenvalue weighted by atomic mass is 35.5. The number of nitrogens with one attached hydrogen (secondary N) is 2. The molecule has 0 aromatic heterocycles. The molecule has 3 aromatic rings. The second-order valence-corrected chi connectivity index (χ2v) is 7.53. The molecule has 3 rings (SSSR count). The van der Waals surface area contributed by atoms with E-state index in [2.05, 4.69) is 10.6 Å². The van der Waals surface area contributed by atoms with Crippen molar-refractivity contribution >= 4 is 40.8 Å². The Balaban J connectivity index is 1.85. The van der Waals surface area contributed by atoms with E-state index in [0.29, 0.717) is 20.5 Å². The summed E-state index contributed by atoms with van der Waals surface area (Å²) in [6.45, 7) is 0. The number of carbonyl (C=O) groups is 1. The molecule has 9 heteroatoms. The molecule has 0 heterocycles. The zero-order chi connectivity index (χ0) is 21.7. The summed E-state index contributed by atoms with van der Waals surface area (Å²) >= 11 is 7.06. The van der Waals surface area contributed by atoms with E-state index in [0.717, 1.165) is 23.9 Å². The molecule has 0 unspecified atom stereocenters. The van der Waals surface area contributed by atoms with Crippen LogP contribution in [0.15, 0.2) is 76.5 Å². The zero-order valence-corrected chi connectivity index (χ0v) is 16.7. The van der Waals surface area contributed by atoms with Gasteiger partial charge in [0.25, 0.3) is 0 Å². The standard InChI is InChI=1S/C21H13ClF3N3OS/c22-16-6-1-2-7-17(16)27-20(29)28-18-10-13(12-26)8-9-19(18)30-15-5-3-4-14(11-15)21(23,24)25/h1-11H,(H2,27,28,29). The van der Waals surface area contributed by atoms with Gasteiger partial charge in [-0.15, -0.1) is 0 Å². The predicted molar refractivity (Wildman–Crippen MR) is 111 cm³/mol. The third-order valence-electron chi connectivity index (χ3n) is 3.87. The van der Waals surface area contributed by atoms with Gasteiger partial charge >= 0.3 is 12.2 Å². The lowest BCUT2D eigenvalue weighted by Crippen LogP contribution is -2.20. The molecule has 152 valence electrons. The van der Waals surface area contributed by atoms with E-state index in [4.69, 9.17) is 16.9 Å². The first kappa shape index (κ1) is 21.6. The number of benzene rings is 3. The molecule has 0 saturated heterocycles. The number of alkyl halides is 3. The molecule has 4 nitrogen and oxygen atoms in total. The number of anilines is 2. The van der Waals surface area contributed by atoms with E-state index in [1.165, 1.54) is 24.3 Å². The van der Waals surface area contributed by atoms with Crippen molar-refractivity contribution in [3.8, 4) is 6.07 Å². The molecule has 0 aliphatic carbocycles. The van der Waals surface area contributed by atoms with Crippen molar-refractivity contribution in [3.63, 3.8) is 0 Å². The number of para-hydroxylation sites is 1. The van der Waals surface area contributed by atoms with Gasteiger partial charge in [0.15, 0.2) is 0 Å². The van der Waals surface area contributed by atoms with E-state index < -0.39 is 17.8 Å². The summed E-state index contributed by atoms with van der Waals surface area (Å²) in [5.41, 5.74) is 0.185. The highest BCUT2D eigenvalue weighted by Gasteiger charge is 2.30. The van der Waals surface area contributed by atoms with Gasteiger partial charge in [0.05, 0.1) is 33.6 Å². The minimum atomic E-state index is -4.46. The fourth-order valence-corrected chi connectivity index (χ4v) is 3.61. The second kappa shape index (κ2) is 9.11. The van der Waals surface area contributed by atoms with Crippen molar-refractivity contribution in [2.75, 3.05) is 10.6 Å². The average Bonchev–Trinajstić information content (AvgIpc) is 2.70. The highest BCUT2D eigenvalue weighted by Crippen LogP contribution is 2.37. The summed E-state index contributed by atoms with van der Waals surface area (Å²) in [6.07, 6.45) is -4.46. The molecule has 0 bridgehead atoms. The first-order valence-electron chi connectivity index (χ1n) is 8.48. The van der Waals surface area contributed by atoms with E-state index >= 15 is 0 Å². The fraction of sp³-hybridized carbons (Fsp3) is 0.0476. The number of amides is 2. The number of carbonyl (C=O) groups excluding carboxylic acids is 1. The normalized spacial score (nSPS) is 10.9. The number of nitrogens with zero attached hydrogens (tertiary/aromatic N) is 1. The molecule has 0 radical (unpaired) electrons. The van der Waals surface area contributed by atoms with E-state index in [9.17, 15) is 18.0 Å². The van der Waals surface area contributed by atoms with Crippen molar-refractivity contribution in [1.82, 2.24) is 0 Å². The van der Waals surface area contributed by atoms with Crippen LogP contribution in [0.25, 0.3) is 0 Å². The fourth-order valence-electron chi connectivity index (χ4n) is 2.49. The van der Waals surface area contributed by atoms with Gasteiger partial charge in [-0.3, -0.25) is 0 Å².